The van der Waals surface area contributed by atoms with Crippen LogP contribution in [0.2, 0.25) is 0 Å². The normalized spacial score (nSPS) is 6.86. The minimum absolute atomic E-state index is 0. The van der Waals surface area contributed by atoms with Crippen LogP contribution < -0.4 is 0 Å². The molecule has 0 saturated heterocycles. The minimum Gasteiger partial charge on any atom is -0.167 e. The van der Waals surface area contributed by atoms with Crippen molar-refractivity contribution in [3.63, 3.8) is 0 Å². The van der Waals surface area contributed by atoms with Crippen LogP contribution in [0.15, 0.2) is 12.2 Å². The first-order chi connectivity index (χ1) is 2.64. The van der Waals surface area contributed by atoms with Crippen molar-refractivity contribution in [2.75, 3.05) is 0 Å². The summed E-state index contributed by atoms with van der Waals surface area (Å²) in [7, 11) is 0. The van der Waals surface area contributed by atoms with E-state index in [1.54, 1.807) is 0 Å². The Kier molecular flexibility index (Phi) is 6.11. The molecule has 0 aromatic heterocycles. The van der Waals surface area contributed by atoms with Crippen LogP contribution in [-0.2, 0) is 0 Å². The Balaban J connectivity index is 0. The SMILES string of the molecule is FC(F)=C(F)F.[Li]. The smallest absolute Gasteiger partial charge is 0.167 e. The average molecular weight is 107 g/mol. The van der Waals surface area contributed by atoms with Gasteiger partial charge in [0.15, 0.2) is 0 Å². The van der Waals surface area contributed by atoms with Crippen LogP contribution in [0.25, 0.3) is 0 Å². The summed E-state index contributed by atoms with van der Waals surface area (Å²) < 4.78 is 41.1. The Morgan fingerprint density at radius 3 is 0.857 bits per heavy atom. The van der Waals surface area contributed by atoms with Crippen LogP contribution in [-0.4, -0.2) is 18.9 Å². The van der Waals surface area contributed by atoms with Crippen molar-refractivity contribution in [3.05, 3.63) is 12.2 Å². The summed E-state index contributed by atoms with van der Waals surface area (Å²) in [6.45, 7) is 0. The van der Waals surface area contributed by atoms with Crippen LogP contribution in [0.4, 0.5) is 17.6 Å². The van der Waals surface area contributed by atoms with Crippen molar-refractivity contribution in [2.24, 2.45) is 0 Å². The number of rotatable bonds is 0. The van der Waals surface area contributed by atoms with Crippen molar-refractivity contribution < 1.29 is 17.6 Å². The molecule has 0 bridgehead atoms. The number of hydrogen-bond donors (Lipinski definition) is 0. The second kappa shape index (κ2) is 4.22. The van der Waals surface area contributed by atoms with E-state index in [2.05, 4.69) is 0 Å². The van der Waals surface area contributed by atoms with Crippen LogP contribution in [0.3, 0.4) is 0 Å². The topological polar surface area (TPSA) is 0 Å². The first-order valence-electron chi connectivity index (χ1n) is 1.01. The molecular formula is C2F4Li. The molecule has 37 valence electrons. The van der Waals surface area contributed by atoms with Crippen molar-refractivity contribution in [3.8, 4) is 0 Å². The fourth-order valence-corrected chi connectivity index (χ4v) is 0. The van der Waals surface area contributed by atoms with Crippen molar-refractivity contribution >= 4 is 18.9 Å². The second-order valence-electron chi connectivity index (χ2n) is 0.521. The summed E-state index contributed by atoms with van der Waals surface area (Å²) in [6, 6.07) is 0. The molecule has 0 heterocycles. The Bertz CT molecular complexity index is 59.8. The maximum atomic E-state index is 10.3. The molecule has 0 nitrogen and oxygen atoms in total. The van der Waals surface area contributed by atoms with Gasteiger partial charge in [-0.25, -0.2) is 0 Å². The molecule has 0 aliphatic rings. The first-order valence-corrected chi connectivity index (χ1v) is 1.01. The van der Waals surface area contributed by atoms with Gasteiger partial charge in [0.25, 0.3) is 0 Å². The Morgan fingerprint density at radius 2 is 0.857 bits per heavy atom. The number of hydrogen-bond acceptors (Lipinski definition) is 0. The molecule has 1 radical (unpaired) electrons. The molecule has 0 unspecified atom stereocenters. The number of halogens is 4. The van der Waals surface area contributed by atoms with E-state index in [0.29, 0.717) is 0 Å². The molecule has 7 heavy (non-hydrogen) atoms. The third-order valence-corrected chi connectivity index (χ3v) is 0.143. The Morgan fingerprint density at radius 1 is 0.714 bits per heavy atom. The zero-order chi connectivity index (χ0) is 5.15. The molecule has 0 aliphatic carbocycles. The maximum Gasteiger partial charge on any atom is 0.334 e. The van der Waals surface area contributed by atoms with Crippen LogP contribution in [0.1, 0.15) is 0 Å². The summed E-state index contributed by atoms with van der Waals surface area (Å²) in [6.07, 6.45) is -5.81. The van der Waals surface area contributed by atoms with E-state index in [0.717, 1.165) is 0 Å². The van der Waals surface area contributed by atoms with E-state index in [4.69, 9.17) is 0 Å². The first kappa shape index (κ1) is 10.1. The molecule has 0 aromatic rings. The van der Waals surface area contributed by atoms with Gasteiger partial charge >= 0.3 is 12.2 Å². The fourth-order valence-electron chi connectivity index (χ4n) is 0. The van der Waals surface area contributed by atoms with Gasteiger partial charge in [0.1, 0.15) is 0 Å². The van der Waals surface area contributed by atoms with Crippen molar-refractivity contribution in [1.82, 2.24) is 0 Å². The third kappa shape index (κ3) is 6.06. The molecule has 5 heteroatoms. The summed E-state index contributed by atoms with van der Waals surface area (Å²) in [4.78, 5) is 0. The van der Waals surface area contributed by atoms with Gasteiger partial charge in [-0.3, -0.25) is 0 Å². The van der Waals surface area contributed by atoms with Gasteiger partial charge in [-0.2, -0.15) is 17.6 Å². The van der Waals surface area contributed by atoms with Gasteiger partial charge < -0.3 is 0 Å². The minimum atomic E-state index is -2.91. The molecule has 0 aromatic carbocycles. The molecule has 0 atom stereocenters. The van der Waals surface area contributed by atoms with Gasteiger partial charge in [0, 0.05) is 18.9 Å². The Hall–Kier alpha value is 0.0574. The monoisotopic (exact) mass is 107 g/mol. The summed E-state index contributed by atoms with van der Waals surface area (Å²) in [5, 5.41) is 0. The quantitative estimate of drug-likeness (QED) is 0.326. The standard InChI is InChI=1S/C2F4.Li/c3-1(4)2(5)6;. The molecule has 0 spiro atoms. The second-order valence-corrected chi connectivity index (χ2v) is 0.521. The van der Waals surface area contributed by atoms with E-state index in [9.17, 15) is 17.6 Å². The van der Waals surface area contributed by atoms with Crippen LogP contribution in [0.5, 0.6) is 0 Å². The Labute approximate surface area is 49.4 Å². The average Bonchev–Trinajstić information content (AvgIpc) is 1.36. The molecule has 0 aliphatic heterocycles. The van der Waals surface area contributed by atoms with Gasteiger partial charge in [-0.1, -0.05) is 0 Å². The fraction of sp³-hybridized carbons (Fsp3) is 0. The predicted molar refractivity (Wildman–Crippen MR) is 17.2 cm³/mol. The van der Waals surface area contributed by atoms with Crippen LogP contribution in [0, 0.1) is 0 Å². The van der Waals surface area contributed by atoms with Gasteiger partial charge in [-0.05, 0) is 0 Å². The van der Waals surface area contributed by atoms with Gasteiger partial charge in [0.2, 0.25) is 0 Å². The van der Waals surface area contributed by atoms with Crippen molar-refractivity contribution in [2.45, 2.75) is 0 Å². The molecule has 0 N–H and O–H groups in total. The van der Waals surface area contributed by atoms with E-state index in [1.165, 1.54) is 0 Å². The summed E-state index contributed by atoms with van der Waals surface area (Å²) >= 11 is 0. The molecule has 0 fully saturated rings. The van der Waals surface area contributed by atoms with E-state index >= 15 is 0 Å². The molecule has 0 saturated carbocycles. The van der Waals surface area contributed by atoms with Crippen LogP contribution >= 0.6 is 0 Å². The van der Waals surface area contributed by atoms with Crippen molar-refractivity contribution in [1.29, 1.82) is 0 Å². The van der Waals surface area contributed by atoms with E-state index < -0.39 is 12.2 Å². The summed E-state index contributed by atoms with van der Waals surface area (Å²) in [5.41, 5.74) is 0. The molecular weight excluding hydrogens is 107 g/mol. The van der Waals surface area contributed by atoms with E-state index in [-0.39, 0.29) is 18.9 Å². The van der Waals surface area contributed by atoms with E-state index in [1.807, 2.05) is 0 Å². The third-order valence-electron chi connectivity index (χ3n) is 0.143. The molecule has 0 amide bonds. The zero-order valence-electron chi connectivity index (χ0n) is 3.51. The largest absolute Gasteiger partial charge is 0.334 e. The molecule has 0 rings (SSSR count). The zero-order valence-corrected chi connectivity index (χ0v) is 3.51. The van der Waals surface area contributed by atoms with Gasteiger partial charge in [-0.15, -0.1) is 0 Å². The predicted octanol–water partition coefficient (Wildman–Crippen LogP) is 1.61. The maximum absolute atomic E-state index is 10.3. The van der Waals surface area contributed by atoms with Gasteiger partial charge in [0.05, 0.1) is 0 Å². The summed E-state index contributed by atoms with van der Waals surface area (Å²) in [5.74, 6) is 0.